The van der Waals surface area contributed by atoms with Gasteiger partial charge in [-0.05, 0) is 119 Å². The summed E-state index contributed by atoms with van der Waals surface area (Å²) in [7, 11) is -1.71. The Balaban J connectivity index is 1.27. The number of nitriles is 1. The summed E-state index contributed by atoms with van der Waals surface area (Å²) in [5, 5.41) is 12.3. The Morgan fingerprint density at radius 1 is 0.884 bits per heavy atom. The second-order valence-electron chi connectivity index (χ2n) is 19.8. The maximum absolute atomic E-state index is 14.6. The van der Waals surface area contributed by atoms with E-state index in [1.165, 1.54) is 35.0 Å². The van der Waals surface area contributed by atoms with Crippen molar-refractivity contribution in [2.24, 2.45) is 10.8 Å². The number of carbonyl (C=O) groups excluding carboxylic acids is 4. The Hall–Kier alpha value is -6.22. The number of aryl methyl sites for hydroxylation is 1. The molecule has 0 radical (unpaired) electrons. The van der Waals surface area contributed by atoms with Crippen LogP contribution in [0.25, 0.3) is 0 Å². The number of hydrogen-bond acceptors (Lipinski definition) is 15. The second kappa shape index (κ2) is 19.6. The van der Waals surface area contributed by atoms with Crippen LogP contribution in [0, 0.1) is 29.1 Å². The van der Waals surface area contributed by atoms with E-state index in [1.807, 2.05) is 27.7 Å². The molecule has 3 aliphatic rings. The SMILES string of the molecule is Cc1cn([C@H]2C[C@H](NC(=O)c3ccc4c(c3)C3(OC4=O)c4ccc(OC(=O)C(C)(C)C)cc4Oc4cc(OC(=O)C(C)(C)C)ccc43)[C@@H](COP(OCCC#N)N(C(C)C)C(C)C)O2)c(=O)[nH]c1=O. The minimum atomic E-state index is -1.71. The fraction of sp³-hybridized carbons (Fsp3) is 0.460. The van der Waals surface area contributed by atoms with Crippen LogP contribution >= 0.6 is 8.53 Å². The molecular weight excluding hydrogens is 910 g/mol. The highest BCUT2D eigenvalue weighted by atomic mass is 31.2. The quantitative estimate of drug-likeness (QED) is 0.0534. The van der Waals surface area contributed by atoms with Gasteiger partial charge in [0, 0.05) is 64.7 Å². The number of hydrogen-bond donors (Lipinski definition) is 2. The fourth-order valence-electron chi connectivity index (χ4n) is 8.18. The van der Waals surface area contributed by atoms with E-state index >= 15 is 0 Å². The third-order valence-electron chi connectivity index (χ3n) is 11.7. The number of nitrogens with zero attached hydrogens (tertiary/aromatic N) is 3. The molecule has 0 bridgehead atoms. The number of amides is 1. The van der Waals surface area contributed by atoms with Gasteiger partial charge in [0.1, 0.15) is 35.3 Å². The van der Waals surface area contributed by atoms with Crippen molar-refractivity contribution in [2.75, 3.05) is 13.2 Å². The van der Waals surface area contributed by atoms with Crippen molar-refractivity contribution >= 4 is 32.3 Å². The molecule has 18 nitrogen and oxygen atoms in total. The molecule has 1 saturated heterocycles. The van der Waals surface area contributed by atoms with E-state index in [0.717, 1.165) is 0 Å². The van der Waals surface area contributed by atoms with Crippen LogP contribution in [-0.2, 0) is 33.7 Å². The number of carbonyl (C=O) groups is 4. The summed E-state index contributed by atoms with van der Waals surface area (Å²) in [6.45, 7) is 19.9. The maximum atomic E-state index is 14.6. The summed E-state index contributed by atoms with van der Waals surface area (Å²) >= 11 is 0. The van der Waals surface area contributed by atoms with Crippen molar-refractivity contribution in [1.82, 2.24) is 19.5 Å². The number of H-pyrrole nitrogens is 1. The molecule has 1 unspecified atom stereocenters. The van der Waals surface area contributed by atoms with E-state index in [2.05, 4.69) is 21.0 Å². The van der Waals surface area contributed by atoms with Crippen LogP contribution in [0.1, 0.15) is 131 Å². The van der Waals surface area contributed by atoms with Crippen molar-refractivity contribution in [1.29, 1.82) is 5.26 Å². The van der Waals surface area contributed by atoms with E-state index < -0.39 is 78.4 Å². The highest BCUT2D eigenvalue weighted by Gasteiger charge is 2.54. The summed E-state index contributed by atoms with van der Waals surface area (Å²) < 4.78 is 46.6. The summed E-state index contributed by atoms with van der Waals surface area (Å²) in [6, 6.07) is 15.3. The molecule has 3 aliphatic heterocycles. The average Bonchev–Trinajstić information content (AvgIpc) is 3.79. The van der Waals surface area contributed by atoms with Gasteiger partial charge in [-0.25, -0.2) is 14.3 Å². The summed E-state index contributed by atoms with van der Waals surface area (Å²) in [4.78, 5) is 82.3. The minimum Gasteiger partial charge on any atom is -0.456 e. The molecular formula is C50H58N5O13P. The molecule has 2 N–H and O–H groups in total. The van der Waals surface area contributed by atoms with E-state index in [1.54, 1.807) is 78.8 Å². The zero-order chi connectivity index (χ0) is 50.3. The van der Waals surface area contributed by atoms with Crippen molar-refractivity contribution in [3.8, 4) is 29.1 Å². The molecule has 69 heavy (non-hydrogen) atoms. The predicted octanol–water partition coefficient (Wildman–Crippen LogP) is 7.69. The first-order chi connectivity index (χ1) is 32.4. The Labute approximate surface area is 401 Å². The fourth-order valence-corrected chi connectivity index (χ4v) is 9.80. The first kappa shape index (κ1) is 50.7. The highest BCUT2D eigenvalue weighted by Crippen LogP contribution is 2.57. The van der Waals surface area contributed by atoms with Crippen molar-refractivity contribution in [3.63, 3.8) is 0 Å². The number of rotatable bonds is 14. The Morgan fingerprint density at radius 3 is 2.03 bits per heavy atom. The van der Waals surface area contributed by atoms with E-state index in [0.29, 0.717) is 16.7 Å². The molecule has 366 valence electrons. The molecule has 1 spiro atoms. The lowest BCUT2D eigenvalue weighted by molar-refractivity contribution is -0.143. The smallest absolute Gasteiger partial charge is 0.340 e. The molecule has 1 amide bonds. The summed E-state index contributed by atoms with van der Waals surface area (Å²) in [5.41, 5.74) is -2.96. The van der Waals surface area contributed by atoms with Crippen LogP contribution in [-0.4, -0.2) is 75.5 Å². The van der Waals surface area contributed by atoms with Crippen LogP contribution in [0.3, 0.4) is 0 Å². The third kappa shape index (κ3) is 10.4. The maximum Gasteiger partial charge on any atom is 0.340 e. The second-order valence-corrected chi connectivity index (χ2v) is 21.2. The standard InChI is InChI=1S/C50H58N5O13P/c1-27(2)55(28(3)4)69(62-20-12-19-51)63-26-40-37(24-41(67-40)54-25-29(5)42(56)53-47(54)61)52-43(57)30-13-16-33-36(21-30)50(68-44(33)58)34-17-14-31(64-45(59)48(6,7)8)22-38(34)66-39-23-32(15-18-35(39)50)65-46(60)49(9,10)11/h13-18,21-23,25,27-28,37,40-41H,12,20,24,26H2,1-11H3,(H,52,57)(H,53,56,61)/t37-,40+,41+,69?/m0/s1. The van der Waals surface area contributed by atoms with E-state index in [9.17, 15) is 34.0 Å². The zero-order valence-corrected chi connectivity index (χ0v) is 41.5. The monoisotopic (exact) mass is 967 g/mol. The van der Waals surface area contributed by atoms with Gasteiger partial charge in [-0.3, -0.25) is 28.7 Å². The van der Waals surface area contributed by atoms with Gasteiger partial charge in [0.25, 0.3) is 20.0 Å². The third-order valence-corrected chi connectivity index (χ3v) is 13.8. The Bertz CT molecular complexity index is 2750. The molecule has 1 aromatic heterocycles. The van der Waals surface area contributed by atoms with Crippen molar-refractivity contribution in [2.45, 2.75) is 125 Å². The van der Waals surface area contributed by atoms with Crippen LogP contribution in [0.4, 0.5) is 0 Å². The molecule has 7 rings (SSSR count). The van der Waals surface area contributed by atoms with Crippen molar-refractivity contribution in [3.05, 3.63) is 115 Å². The van der Waals surface area contributed by atoms with Crippen molar-refractivity contribution < 1.29 is 51.9 Å². The summed E-state index contributed by atoms with van der Waals surface area (Å²) in [6.07, 6.45) is -0.122. The van der Waals surface area contributed by atoms with Crippen LogP contribution in [0.2, 0.25) is 0 Å². The molecule has 4 heterocycles. The number of aromatic nitrogens is 2. The van der Waals surface area contributed by atoms with Gasteiger partial charge in [0.15, 0.2) is 5.60 Å². The number of fused-ring (bicyclic) bond motifs is 6. The van der Waals surface area contributed by atoms with Gasteiger partial charge in [-0.15, -0.1) is 0 Å². The predicted molar refractivity (Wildman–Crippen MR) is 252 cm³/mol. The lowest BCUT2D eigenvalue weighted by Crippen LogP contribution is -2.43. The van der Waals surface area contributed by atoms with Gasteiger partial charge in [-0.2, -0.15) is 5.26 Å². The molecule has 1 fully saturated rings. The van der Waals surface area contributed by atoms with Gasteiger partial charge in [0.05, 0.1) is 48.1 Å². The van der Waals surface area contributed by atoms with Crippen LogP contribution < -0.4 is 30.8 Å². The molecule has 0 saturated carbocycles. The molecule has 0 aliphatic carbocycles. The summed E-state index contributed by atoms with van der Waals surface area (Å²) in [5.74, 6) is -1.56. The molecule has 4 aromatic rings. The van der Waals surface area contributed by atoms with E-state index in [4.69, 9.17) is 32.7 Å². The number of esters is 3. The molecule has 3 aromatic carbocycles. The van der Waals surface area contributed by atoms with Gasteiger partial charge < -0.3 is 38.0 Å². The first-order valence-electron chi connectivity index (χ1n) is 22.7. The zero-order valence-electron chi connectivity index (χ0n) is 40.6. The van der Waals surface area contributed by atoms with Gasteiger partial charge >= 0.3 is 23.6 Å². The van der Waals surface area contributed by atoms with Crippen LogP contribution in [0.15, 0.2) is 70.4 Å². The van der Waals surface area contributed by atoms with Gasteiger partial charge in [-0.1, -0.05) is 0 Å². The first-order valence-corrected chi connectivity index (χ1v) is 23.8. The molecule has 19 heteroatoms. The Morgan fingerprint density at radius 2 is 1.48 bits per heavy atom. The Kier molecular flexibility index (Phi) is 14.4. The number of benzene rings is 3. The average molecular weight is 968 g/mol. The minimum absolute atomic E-state index is 0.00311. The number of nitrogens with one attached hydrogen (secondary N) is 2. The number of aromatic amines is 1. The van der Waals surface area contributed by atoms with Crippen LogP contribution in [0.5, 0.6) is 23.0 Å². The topological polar surface area (TPSA) is 227 Å². The van der Waals surface area contributed by atoms with E-state index in [-0.39, 0.29) is 77.8 Å². The normalized spacial score (nSPS) is 18.5. The molecule has 4 atom stereocenters. The highest BCUT2D eigenvalue weighted by molar-refractivity contribution is 7.44. The van der Waals surface area contributed by atoms with Gasteiger partial charge in [0.2, 0.25) is 0 Å². The number of ether oxygens (including phenoxy) is 5. The lowest BCUT2D eigenvalue weighted by Gasteiger charge is -2.37. The largest absolute Gasteiger partial charge is 0.456 e. The lowest BCUT2D eigenvalue weighted by atomic mass is 9.77.